The average Bonchev–Trinajstić information content (AvgIpc) is 3.31. The molecule has 1 N–H and O–H groups in total. The van der Waals surface area contributed by atoms with E-state index in [0.717, 1.165) is 25.9 Å². The number of carbonyl (C=O) groups excluding carboxylic acids is 1. The van der Waals surface area contributed by atoms with Gasteiger partial charge in [0, 0.05) is 23.1 Å². The number of carbonyl (C=O) groups is 1. The topological polar surface area (TPSA) is 77.1 Å². The monoisotopic (exact) mass is 381 g/mol. The van der Waals surface area contributed by atoms with Gasteiger partial charge < -0.3 is 9.73 Å². The van der Waals surface area contributed by atoms with Gasteiger partial charge in [0.25, 0.3) is 5.56 Å². The highest BCUT2D eigenvalue weighted by Crippen LogP contribution is 2.32. The molecule has 6 nitrogen and oxygen atoms in total. The van der Waals surface area contributed by atoms with Gasteiger partial charge in [-0.2, -0.15) is 5.10 Å². The van der Waals surface area contributed by atoms with Gasteiger partial charge in [0.2, 0.25) is 5.91 Å². The number of nitrogens with zero attached hydrogens (tertiary/aromatic N) is 2. The van der Waals surface area contributed by atoms with Gasteiger partial charge in [-0.3, -0.25) is 9.59 Å². The maximum atomic E-state index is 12.9. The molecule has 0 aliphatic rings. The summed E-state index contributed by atoms with van der Waals surface area (Å²) in [4.78, 5) is 24.9. The molecule has 27 heavy (non-hydrogen) atoms. The van der Waals surface area contributed by atoms with Crippen molar-refractivity contribution in [2.24, 2.45) is 0 Å². The van der Waals surface area contributed by atoms with Gasteiger partial charge in [-0.15, -0.1) is 11.3 Å². The standard InChI is InChI=1S/C20H19N3O3S/c1-13-19-18(15-7-2-3-8-16(15)27-19)20(25)23(22-13)10-4-9-17(24)21-12-14-6-5-11-26-14/h2-3,5-8,11H,4,9-10,12H2,1H3,(H,21,24). The molecule has 7 heteroatoms. The Morgan fingerprint density at radius 1 is 1.26 bits per heavy atom. The van der Waals surface area contributed by atoms with Gasteiger partial charge in [0.15, 0.2) is 0 Å². The summed E-state index contributed by atoms with van der Waals surface area (Å²) in [5.74, 6) is 0.643. The van der Waals surface area contributed by atoms with Crippen LogP contribution >= 0.6 is 11.3 Å². The Bertz CT molecular complexity index is 1160. The minimum Gasteiger partial charge on any atom is -0.467 e. The molecule has 1 aromatic carbocycles. The van der Waals surface area contributed by atoms with Crippen molar-refractivity contribution in [2.45, 2.75) is 32.9 Å². The lowest BCUT2D eigenvalue weighted by atomic mass is 10.2. The van der Waals surface area contributed by atoms with Crippen LogP contribution < -0.4 is 10.9 Å². The first-order valence-electron chi connectivity index (χ1n) is 8.81. The first-order valence-corrected chi connectivity index (χ1v) is 9.63. The molecule has 0 aliphatic heterocycles. The van der Waals surface area contributed by atoms with Crippen molar-refractivity contribution in [2.75, 3.05) is 0 Å². The highest BCUT2D eigenvalue weighted by Gasteiger charge is 2.14. The van der Waals surface area contributed by atoms with Crippen LogP contribution in [-0.4, -0.2) is 15.7 Å². The molecule has 138 valence electrons. The molecule has 0 atom stereocenters. The van der Waals surface area contributed by atoms with Crippen LogP contribution in [0.15, 0.2) is 51.9 Å². The summed E-state index contributed by atoms with van der Waals surface area (Å²) in [5, 5.41) is 8.95. The molecule has 3 aromatic heterocycles. The summed E-state index contributed by atoms with van der Waals surface area (Å²) in [6.07, 6.45) is 2.45. The number of hydrogen-bond donors (Lipinski definition) is 1. The van der Waals surface area contributed by atoms with E-state index < -0.39 is 0 Å². The fourth-order valence-corrected chi connectivity index (χ4v) is 4.28. The lowest BCUT2D eigenvalue weighted by Crippen LogP contribution is -2.26. The van der Waals surface area contributed by atoms with E-state index in [4.69, 9.17) is 4.42 Å². The number of fused-ring (bicyclic) bond motifs is 3. The molecule has 1 amide bonds. The quantitative estimate of drug-likeness (QED) is 0.553. The third kappa shape index (κ3) is 3.50. The van der Waals surface area contributed by atoms with Gasteiger partial charge >= 0.3 is 0 Å². The van der Waals surface area contributed by atoms with E-state index in [1.807, 2.05) is 37.3 Å². The maximum absolute atomic E-state index is 12.9. The number of benzene rings is 1. The van der Waals surface area contributed by atoms with E-state index in [-0.39, 0.29) is 11.5 Å². The molecular weight excluding hydrogens is 362 g/mol. The minimum atomic E-state index is -0.0935. The van der Waals surface area contributed by atoms with E-state index >= 15 is 0 Å². The van der Waals surface area contributed by atoms with E-state index in [2.05, 4.69) is 10.4 Å². The summed E-state index contributed by atoms with van der Waals surface area (Å²) in [5.41, 5.74) is 0.747. The zero-order valence-electron chi connectivity index (χ0n) is 14.9. The number of nitrogens with one attached hydrogen (secondary N) is 1. The van der Waals surface area contributed by atoms with Crippen molar-refractivity contribution in [1.82, 2.24) is 15.1 Å². The predicted molar refractivity (Wildman–Crippen MR) is 106 cm³/mol. The Labute approximate surface area is 159 Å². The van der Waals surface area contributed by atoms with Gasteiger partial charge in [0.05, 0.1) is 28.6 Å². The number of thiophene rings is 1. The SMILES string of the molecule is Cc1nn(CCCC(=O)NCc2ccco2)c(=O)c2c1sc1ccccc12. The van der Waals surface area contributed by atoms with E-state index in [9.17, 15) is 9.59 Å². The van der Waals surface area contributed by atoms with Crippen molar-refractivity contribution in [3.05, 3.63) is 64.5 Å². The fraction of sp³-hybridized carbons (Fsp3) is 0.250. The smallest absolute Gasteiger partial charge is 0.276 e. The number of furan rings is 1. The van der Waals surface area contributed by atoms with Crippen molar-refractivity contribution in [3.8, 4) is 0 Å². The molecule has 0 bridgehead atoms. The van der Waals surface area contributed by atoms with Gasteiger partial charge in [-0.1, -0.05) is 18.2 Å². The van der Waals surface area contributed by atoms with Gasteiger partial charge in [-0.05, 0) is 31.5 Å². The normalized spacial score (nSPS) is 11.3. The van der Waals surface area contributed by atoms with Crippen LogP contribution in [0.1, 0.15) is 24.3 Å². The maximum Gasteiger partial charge on any atom is 0.276 e. The summed E-state index contributed by atoms with van der Waals surface area (Å²) in [6.45, 7) is 2.70. The Hall–Kier alpha value is -2.93. The van der Waals surface area contributed by atoms with E-state index in [0.29, 0.717) is 31.7 Å². The van der Waals surface area contributed by atoms with E-state index in [1.54, 1.807) is 23.7 Å². The van der Waals surface area contributed by atoms with Crippen molar-refractivity contribution >= 4 is 37.4 Å². The molecule has 0 spiro atoms. The van der Waals surface area contributed by atoms with Crippen molar-refractivity contribution in [3.63, 3.8) is 0 Å². The third-order valence-corrected chi connectivity index (χ3v) is 5.74. The van der Waals surface area contributed by atoms with Crippen LogP contribution in [0, 0.1) is 6.92 Å². The Morgan fingerprint density at radius 2 is 2.11 bits per heavy atom. The molecule has 0 saturated heterocycles. The largest absolute Gasteiger partial charge is 0.467 e. The van der Waals surface area contributed by atoms with E-state index in [1.165, 1.54) is 4.68 Å². The minimum absolute atomic E-state index is 0.0711. The number of aromatic nitrogens is 2. The molecule has 0 fully saturated rings. The zero-order valence-corrected chi connectivity index (χ0v) is 15.7. The average molecular weight is 381 g/mol. The van der Waals surface area contributed by atoms with Crippen molar-refractivity contribution in [1.29, 1.82) is 0 Å². The van der Waals surface area contributed by atoms with Crippen LogP contribution in [0.3, 0.4) is 0 Å². The summed E-state index contributed by atoms with van der Waals surface area (Å²) in [6, 6.07) is 11.5. The molecule has 3 heterocycles. The lowest BCUT2D eigenvalue weighted by Gasteiger charge is -2.07. The third-order valence-electron chi connectivity index (χ3n) is 4.46. The summed E-state index contributed by atoms with van der Waals surface area (Å²) in [7, 11) is 0. The fourth-order valence-electron chi connectivity index (χ4n) is 3.14. The molecule has 0 aliphatic carbocycles. The van der Waals surface area contributed by atoms with Gasteiger partial charge in [0.1, 0.15) is 5.76 Å². The van der Waals surface area contributed by atoms with Crippen LogP contribution in [0.25, 0.3) is 20.2 Å². The number of aryl methyl sites for hydroxylation is 2. The van der Waals surface area contributed by atoms with Crippen LogP contribution in [0.2, 0.25) is 0 Å². The summed E-state index contributed by atoms with van der Waals surface area (Å²) < 4.78 is 8.69. The van der Waals surface area contributed by atoms with Crippen LogP contribution in [0.4, 0.5) is 0 Å². The lowest BCUT2D eigenvalue weighted by molar-refractivity contribution is -0.121. The zero-order chi connectivity index (χ0) is 18.8. The first kappa shape index (κ1) is 17.5. The van der Waals surface area contributed by atoms with Crippen LogP contribution in [0.5, 0.6) is 0 Å². The molecular formula is C20H19N3O3S. The molecule has 0 unspecified atom stereocenters. The summed E-state index contributed by atoms with van der Waals surface area (Å²) >= 11 is 1.60. The second-order valence-electron chi connectivity index (χ2n) is 6.38. The first-order chi connectivity index (χ1) is 13.1. The Balaban J connectivity index is 1.47. The number of rotatable bonds is 6. The predicted octanol–water partition coefficient (Wildman–Crippen LogP) is 3.61. The molecule has 0 radical (unpaired) electrons. The highest BCUT2D eigenvalue weighted by molar-refractivity contribution is 7.26. The van der Waals surface area contributed by atoms with Crippen molar-refractivity contribution < 1.29 is 9.21 Å². The van der Waals surface area contributed by atoms with Gasteiger partial charge in [-0.25, -0.2) is 4.68 Å². The number of amides is 1. The number of hydrogen-bond acceptors (Lipinski definition) is 5. The second kappa shape index (κ2) is 7.36. The molecule has 0 saturated carbocycles. The Morgan fingerprint density at radius 3 is 2.93 bits per heavy atom. The molecule has 4 aromatic rings. The molecule has 4 rings (SSSR count). The Kier molecular flexibility index (Phi) is 4.77. The van der Waals surface area contributed by atoms with Crippen LogP contribution in [-0.2, 0) is 17.9 Å². The second-order valence-corrected chi connectivity index (χ2v) is 7.43. The highest BCUT2D eigenvalue weighted by atomic mass is 32.1.